The van der Waals surface area contributed by atoms with Crippen LogP contribution < -0.4 is 5.32 Å². The number of carbonyl (C=O) groups excluding carboxylic acids is 1. The van der Waals surface area contributed by atoms with Crippen molar-refractivity contribution in [2.75, 3.05) is 13.7 Å². The zero-order chi connectivity index (χ0) is 19.7. The molecule has 28 heavy (non-hydrogen) atoms. The molecule has 2 aromatic rings. The Hall–Kier alpha value is -1.99. The molecule has 7 nitrogen and oxygen atoms in total. The molecule has 3 fully saturated rings. The number of carbonyl (C=O) groups is 1. The lowest BCUT2D eigenvalue weighted by molar-refractivity contribution is -0.0694. The summed E-state index contributed by atoms with van der Waals surface area (Å²) in [6.07, 6.45) is 7.59. The van der Waals surface area contributed by atoms with Gasteiger partial charge in [0, 0.05) is 25.5 Å². The number of nitrogens with one attached hydrogen (secondary N) is 1. The number of hydrogen-bond donors (Lipinski definition) is 1. The molecule has 3 unspecified atom stereocenters. The van der Waals surface area contributed by atoms with Gasteiger partial charge in [-0.1, -0.05) is 13.3 Å². The third-order valence-electron chi connectivity index (χ3n) is 6.12. The summed E-state index contributed by atoms with van der Waals surface area (Å²) in [4.78, 5) is 21.8. The van der Waals surface area contributed by atoms with E-state index in [1.165, 1.54) is 6.42 Å². The van der Waals surface area contributed by atoms with Gasteiger partial charge in [0.1, 0.15) is 6.33 Å². The quantitative estimate of drug-likeness (QED) is 0.706. The molecule has 4 atom stereocenters. The Bertz CT molecular complexity index is 838. The molecule has 7 heteroatoms. The molecule has 152 valence electrons. The van der Waals surface area contributed by atoms with Gasteiger partial charge in [-0.15, -0.1) is 0 Å². The van der Waals surface area contributed by atoms with Crippen molar-refractivity contribution in [2.45, 2.75) is 64.7 Å². The third-order valence-corrected chi connectivity index (χ3v) is 6.12. The number of fused-ring (bicyclic) bond motifs is 3. The van der Waals surface area contributed by atoms with E-state index in [9.17, 15) is 4.79 Å². The fourth-order valence-electron chi connectivity index (χ4n) is 4.70. The SMILES string of the molecule is CCCCOC1CC2C[C@H](C1)C2NC(=O)c1ncn2c(COC)cc(C)nc12. The number of amides is 1. The van der Waals surface area contributed by atoms with E-state index in [1.807, 2.05) is 17.4 Å². The van der Waals surface area contributed by atoms with Crippen LogP contribution in [0.5, 0.6) is 0 Å². The minimum atomic E-state index is -0.131. The van der Waals surface area contributed by atoms with E-state index < -0.39 is 0 Å². The van der Waals surface area contributed by atoms with Gasteiger partial charge in [0.2, 0.25) is 0 Å². The van der Waals surface area contributed by atoms with Gasteiger partial charge in [-0.05, 0) is 50.5 Å². The number of ether oxygens (including phenoxy) is 2. The van der Waals surface area contributed by atoms with Gasteiger partial charge in [-0.2, -0.15) is 0 Å². The number of methoxy groups -OCH3 is 1. The molecule has 3 aliphatic rings. The Kier molecular flexibility index (Phi) is 5.64. The Morgan fingerprint density at radius 2 is 2.11 bits per heavy atom. The highest BCUT2D eigenvalue weighted by Gasteiger charge is 2.48. The Balaban J connectivity index is 1.43. The predicted octanol–water partition coefficient (Wildman–Crippen LogP) is 2.90. The maximum atomic E-state index is 12.9. The van der Waals surface area contributed by atoms with Gasteiger partial charge < -0.3 is 14.8 Å². The van der Waals surface area contributed by atoms with E-state index in [4.69, 9.17) is 9.47 Å². The van der Waals surface area contributed by atoms with E-state index in [0.29, 0.717) is 35.9 Å². The predicted molar refractivity (Wildman–Crippen MR) is 105 cm³/mol. The van der Waals surface area contributed by atoms with E-state index in [1.54, 1.807) is 13.4 Å². The Morgan fingerprint density at radius 1 is 1.32 bits per heavy atom. The first-order chi connectivity index (χ1) is 13.6. The van der Waals surface area contributed by atoms with E-state index in [2.05, 4.69) is 22.2 Å². The second-order valence-corrected chi connectivity index (χ2v) is 8.18. The van der Waals surface area contributed by atoms with Crippen molar-refractivity contribution < 1.29 is 14.3 Å². The third kappa shape index (κ3) is 3.65. The number of rotatable bonds is 8. The Labute approximate surface area is 165 Å². The van der Waals surface area contributed by atoms with Crippen molar-refractivity contribution in [1.29, 1.82) is 0 Å². The summed E-state index contributed by atoms with van der Waals surface area (Å²) in [6.45, 7) is 5.40. The molecule has 3 saturated carbocycles. The lowest BCUT2D eigenvalue weighted by Gasteiger charge is -2.52. The average molecular weight is 386 g/mol. The molecule has 1 amide bonds. The van der Waals surface area contributed by atoms with Gasteiger partial charge in [0.15, 0.2) is 11.3 Å². The summed E-state index contributed by atoms with van der Waals surface area (Å²) in [5.74, 6) is 0.901. The van der Waals surface area contributed by atoms with E-state index in [0.717, 1.165) is 43.7 Å². The van der Waals surface area contributed by atoms with Crippen LogP contribution in [0.15, 0.2) is 12.4 Å². The molecule has 1 N–H and O–H groups in total. The monoisotopic (exact) mass is 386 g/mol. The van der Waals surface area contributed by atoms with Crippen LogP contribution in [0, 0.1) is 18.8 Å². The van der Waals surface area contributed by atoms with Crippen LogP contribution in [0.3, 0.4) is 0 Å². The highest BCUT2D eigenvalue weighted by molar-refractivity contribution is 5.98. The molecule has 5 rings (SSSR count). The number of aryl methyl sites for hydroxylation is 1. The number of aromatic nitrogens is 3. The van der Waals surface area contributed by atoms with Crippen LogP contribution in [-0.2, 0) is 16.1 Å². The molecule has 0 aromatic carbocycles. The van der Waals surface area contributed by atoms with E-state index in [-0.39, 0.29) is 11.9 Å². The molecule has 0 aliphatic heterocycles. The van der Waals surface area contributed by atoms with Gasteiger partial charge >= 0.3 is 0 Å². The lowest BCUT2D eigenvalue weighted by atomic mass is 9.60. The summed E-state index contributed by atoms with van der Waals surface area (Å²) in [7, 11) is 1.65. The van der Waals surface area contributed by atoms with Crippen LogP contribution >= 0.6 is 0 Å². The fraction of sp³-hybridized carbons (Fsp3) is 0.667. The summed E-state index contributed by atoms with van der Waals surface area (Å²) in [6, 6.07) is 2.19. The van der Waals surface area contributed by atoms with Crippen LogP contribution in [0.2, 0.25) is 0 Å². The molecular formula is C21H30N4O3. The number of imidazole rings is 1. The zero-order valence-corrected chi connectivity index (χ0v) is 17.0. The molecule has 2 bridgehead atoms. The Morgan fingerprint density at radius 3 is 2.82 bits per heavy atom. The first kappa shape index (κ1) is 19.3. The summed E-state index contributed by atoms with van der Waals surface area (Å²) >= 11 is 0. The average Bonchev–Trinajstić information content (AvgIpc) is 3.10. The van der Waals surface area contributed by atoms with Crippen molar-refractivity contribution in [3.63, 3.8) is 0 Å². The van der Waals surface area contributed by atoms with Crippen molar-refractivity contribution in [3.05, 3.63) is 29.5 Å². The first-order valence-corrected chi connectivity index (χ1v) is 10.4. The van der Waals surface area contributed by atoms with Crippen LogP contribution in [0.25, 0.3) is 5.65 Å². The maximum absolute atomic E-state index is 12.9. The summed E-state index contributed by atoms with van der Waals surface area (Å²) in [5.41, 5.74) is 2.77. The van der Waals surface area contributed by atoms with Gasteiger partial charge in [0.05, 0.1) is 18.4 Å². The van der Waals surface area contributed by atoms with Crippen LogP contribution in [-0.4, -0.2) is 46.1 Å². The molecule has 0 spiro atoms. The van der Waals surface area contributed by atoms with Crippen molar-refractivity contribution in [3.8, 4) is 0 Å². The van der Waals surface area contributed by atoms with Gasteiger partial charge in [-0.25, -0.2) is 9.97 Å². The van der Waals surface area contributed by atoms with Crippen LogP contribution in [0.4, 0.5) is 0 Å². The molecule has 2 heterocycles. The molecule has 3 aliphatic carbocycles. The number of hydrogen-bond acceptors (Lipinski definition) is 5. The van der Waals surface area contributed by atoms with Crippen LogP contribution in [0.1, 0.15) is 60.9 Å². The van der Waals surface area contributed by atoms with Crippen molar-refractivity contribution in [1.82, 2.24) is 19.7 Å². The highest BCUT2D eigenvalue weighted by atomic mass is 16.5. The van der Waals surface area contributed by atoms with Gasteiger partial charge in [0.25, 0.3) is 5.91 Å². The highest BCUT2D eigenvalue weighted by Crippen LogP contribution is 2.46. The maximum Gasteiger partial charge on any atom is 0.274 e. The smallest absolute Gasteiger partial charge is 0.274 e. The lowest BCUT2D eigenvalue weighted by Crippen LogP contribution is -2.59. The second-order valence-electron chi connectivity index (χ2n) is 8.18. The zero-order valence-electron chi connectivity index (χ0n) is 17.0. The van der Waals surface area contributed by atoms with E-state index >= 15 is 0 Å². The fourth-order valence-corrected chi connectivity index (χ4v) is 4.70. The first-order valence-electron chi connectivity index (χ1n) is 10.4. The summed E-state index contributed by atoms with van der Waals surface area (Å²) in [5, 5.41) is 3.23. The second kappa shape index (κ2) is 8.17. The minimum Gasteiger partial charge on any atom is -0.378 e. The molecule has 0 radical (unpaired) electrons. The summed E-state index contributed by atoms with van der Waals surface area (Å²) < 4.78 is 13.1. The van der Waals surface area contributed by atoms with Gasteiger partial charge in [-0.3, -0.25) is 9.20 Å². The molecular weight excluding hydrogens is 356 g/mol. The molecule has 0 saturated heterocycles. The number of unbranched alkanes of at least 4 members (excludes halogenated alkanes) is 1. The number of nitrogens with zero attached hydrogens (tertiary/aromatic N) is 3. The van der Waals surface area contributed by atoms with Crippen molar-refractivity contribution in [2.24, 2.45) is 11.8 Å². The normalized spacial score (nSPS) is 26.2. The minimum absolute atomic E-state index is 0.131. The topological polar surface area (TPSA) is 77.8 Å². The largest absolute Gasteiger partial charge is 0.378 e. The standard InChI is InChI=1S/C21H30N4O3/c1-4-5-6-28-17-9-14-8-15(10-17)18(14)24-21(26)19-20-23-13(2)7-16(11-27-3)25(20)12-22-19/h7,12,14-15,17-18H,4-6,8-11H2,1-3H3,(H,24,26)/t14-,15?,17?,18?/m1/s1. The molecule has 2 aromatic heterocycles. The van der Waals surface area contributed by atoms with Crippen molar-refractivity contribution >= 4 is 11.6 Å².